The lowest BCUT2D eigenvalue weighted by Crippen LogP contribution is -2.57. The van der Waals surface area contributed by atoms with Crippen LogP contribution in [0.25, 0.3) is 0 Å². The molecule has 0 bridgehead atoms. The molecule has 0 unspecified atom stereocenters. The van der Waals surface area contributed by atoms with E-state index in [1.54, 1.807) is 0 Å². The molecule has 7 nitrogen and oxygen atoms in total. The number of aromatic amines is 1. The molecule has 1 aliphatic carbocycles. The van der Waals surface area contributed by atoms with E-state index in [2.05, 4.69) is 27.0 Å². The number of rotatable bonds is 5. The minimum atomic E-state index is 0.102. The van der Waals surface area contributed by atoms with Crippen LogP contribution in [0.2, 0.25) is 0 Å². The number of likely N-dealkylation sites (tertiary alicyclic amines) is 1. The maximum atomic E-state index is 13.3. The molecule has 0 radical (unpaired) electrons. The normalized spacial score (nSPS) is 27.0. The van der Waals surface area contributed by atoms with Crippen molar-refractivity contribution in [2.75, 3.05) is 52.9 Å². The van der Waals surface area contributed by atoms with Crippen LogP contribution in [0, 0.1) is 5.92 Å². The molecule has 0 saturated carbocycles. The largest absolute Gasteiger partial charge is 0.396 e. The number of aryl methyl sites for hydroxylation is 1. The highest BCUT2D eigenvalue weighted by molar-refractivity contribution is 5.94. The van der Waals surface area contributed by atoms with Crippen molar-refractivity contribution < 1.29 is 9.90 Å². The SMILES string of the molecule is CN1CCN([C@@H]2CCN(C(=O)c3n[nH]c4c3CCCC4)C[C@@H]2CCCO)CC1. The molecular formula is C21H35N5O2. The molecule has 7 heteroatoms. The first-order chi connectivity index (χ1) is 13.7. The van der Waals surface area contributed by atoms with Crippen molar-refractivity contribution >= 4 is 5.91 Å². The molecule has 1 aromatic heterocycles. The number of piperidine rings is 1. The third-order valence-electron chi connectivity index (χ3n) is 6.98. The standard InChI is InChI=1S/C21H35N5O2/c1-24-10-12-25(13-11-24)19-8-9-26(15-16(19)5-4-14-27)21(28)20-17-6-2-3-7-18(17)22-23-20/h16,19,27H,2-15H2,1H3,(H,22,23)/t16-,19+/m0/s1. The zero-order valence-corrected chi connectivity index (χ0v) is 17.2. The summed E-state index contributed by atoms with van der Waals surface area (Å²) in [6.07, 6.45) is 7.14. The van der Waals surface area contributed by atoms with Gasteiger partial charge in [0.05, 0.1) is 0 Å². The van der Waals surface area contributed by atoms with Crippen molar-refractivity contribution in [3.63, 3.8) is 0 Å². The number of hydrogen-bond acceptors (Lipinski definition) is 5. The van der Waals surface area contributed by atoms with Gasteiger partial charge < -0.3 is 14.9 Å². The number of aliphatic hydroxyl groups is 1. The number of H-pyrrole nitrogens is 1. The molecule has 0 aromatic carbocycles. The third kappa shape index (κ3) is 4.11. The van der Waals surface area contributed by atoms with Gasteiger partial charge in [-0.15, -0.1) is 0 Å². The van der Waals surface area contributed by atoms with E-state index in [1.807, 2.05) is 4.90 Å². The van der Waals surface area contributed by atoms with E-state index < -0.39 is 0 Å². The molecule has 3 aliphatic rings. The number of nitrogens with zero attached hydrogens (tertiary/aromatic N) is 4. The molecule has 2 atom stereocenters. The first kappa shape index (κ1) is 19.9. The van der Waals surface area contributed by atoms with Crippen LogP contribution in [0.5, 0.6) is 0 Å². The van der Waals surface area contributed by atoms with Crippen LogP contribution < -0.4 is 0 Å². The lowest BCUT2D eigenvalue weighted by molar-refractivity contribution is 0.0215. The van der Waals surface area contributed by atoms with Crippen molar-refractivity contribution in [1.82, 2.24) is 24.9 Å². The topological polar surface area (TPSA) is 75.7 Å². The smallest absolute Gasteiger partial charge is 0.274 e. The van der Waals surface area contributed by atoms with E-state index in [9.17, 15) is 9.90 Å². The van der Waals surface area contributed by atoms with Gasteiger partial charge in [0.1, 0.15) is 0 Å². The Bertz CT molecular complexity index is 668. The van der Waals surface area contributed by atoms with Gasteiger partial charge in [0.25, 0.3) is 5.91 Å². The molecule has 3 heterocycles. The number of aliphatic hydroxyl groups excluding tert-OH is 1. The second-order valence-electron chi connectivity index (χ2n) is 8.81. The molecule has 1 aromatic rings. The molecule has 0 spiro atoms. The average molecular weight is 390 g/mol. The molecule has 2 N–H and O–H groups in total. The van der Waals surface area contributed by atoms with Gasteiger partial charge >= 0.3 is 0 Å². The number of hydrogen-bond donors (Lipinski definition) is 2. The first-order valence-corrected chi connectivity index (χ1v) is 11.1. The molecule has 1 amide bonds. The highest BCUT2D eigenvalue weighted by Crippen LogP contribution is 2.29. The summed E-state index contributed by atoms with van der Waals surface area (Å²) in [5.41, 5.74) is 2.98. The summed E-state index contributed by atoms with van der Waals surface area (Å²) >= 11 is 0. The van der Waals surface area contributed by atoms with Crippen molar-refractivity contribution in [3.05, 3.63) is 17.0 Å². The Balaban J connectivity index is 1.45. The predicted molar refractivity (Wildman–Crippen MR) is 108 cm³/mol. The Morgan fingerprint density at radius 2 is 1.96 bits per heavy atom. The highest BCUT2D eigenvalue weighted by atomic mass is 16.3. The summed E-state index contributed by atoms with van der Waals surface area (Å²) in [6, 6.07) is 0.525. The zero-order chi connectivity index (χ0) is 19.5. The summed E-state index contributed by atoms with van der Waals surface area (Å²) < 4.78 is 0. The van der Waals surface area contributed by atoms with Crippen LogP contribution >= 0.6 is 0 Å². The molecule has 156 valence electrons. The zero-order valence-electron chi connectivity index (χ0n) is 17.2. The maximum absolute atomic E-state index is 13.3. The molecule has 4 rings (SSSR count). The molecule has 2 aliphatic heterocycles. The number of amides is 1. The van der Waals surface area contributed by atoms with Crippen molar-refractivity contribution in [2.45, 2.75) is 51.0 Å². The monoisotopic (exact) mass is 389 g/mol. The Labute approximate surface area is 168 Å². The van der Waals surface area contributed by atoms with Gasteiger partial charge in [0, 0.05) is 63.2 Å². The Hall–Kier alpha value is -1.44. The van der Waals surface area contributed by atoms with Crippen LogP contribution in [0.4, 0.5) is 0 Å². The second kappa shape index (κ2) is 8.93. The van der Waals surface area contributed by atoms with E-state index in [-0.39, 0.29) is 12.5 Å². The van der Waals surface area contributed by atoms with Gasteiger partial charge in [0.15, 0.2) is 5.69 Å². The lowest BCUT2D eigenvalue weighted by Gasteiger charge is -2.46. The van der Waals surface area contributed by atoms with Gasteiger partial charge in [0.2, 0.25) is 0 Å². The van der Waals surface area contributed by atoms with Gasteiger partial charge in [-0.05, 0) is 57.9 Å². The van der Waals surface area contributed by atoms with Crippen molar-refractivity contribution in [2.24, 2.45) is 5.92 Å². The fourth-order valence-corrected chi connectivity index (χ4v) is 5.28. The minimum absolute atomic E-state index is 0.102. The summed E-state index contributed by atoms with van der Waals surface area (Å²) in [6.45, 7) is 6.28. The molecular weight excluding hydrogens is 354 g/mol. The third-order valence-corrected chi connectivity index (χ3v) is 6.98. The summed E-state index contributed by atoms with van der Waals surface area (Å²) in [7, 11) is 2.19. The van der Waals surface area contributed by atoms with Gasteiger partial charge in [-0.25, -0.2) is 0 Å². The predicted octanol–water partition coefficient (Wildman–Crippen LogP) is 1.14. The Morgan fingerprint density at radius 3 is 2.75 bits per heavy atom. The molecule has 2 fully saturated rings. The van der Waals surface area contributed by atoms with E-state index in [0.717, 1.165) is 83.4 Å². The van der Waals surface area contributed by atoms with E-state index in [0.29, 0.717) is 17.7 Å². The van der Waals surface area contributed by atoms with Gasteiger partial charge in [-0.2, -0.15) is 5.10 Å². The van der Waals surface area contributed by atoms with Crippen LogP contribution in [-0.4, -0.2) is 94.9 Å². The van der Waals surface area contributed by atoms with Crippen LogP contribution in [0.3, 0.4) is 0 Å². The molecule has 28 heavy (non-hydrogen) atoms. The number of carbonyl (C=O) groups excluding carboxylic acids is 1. The fourth-order valence-electron chi connectivity index (χ4n) is 5.28. The number of piperazine rings is 1. The number of carbonyl (C=O) groups is 1. The van der Waals surface area contributed by atoms with Crippen molar-refractivity contribution in [1.29, 1.82) is 0 Å². The number of likely N-dealkylation sites (N-methyl/N-ethyl adjacent to an activating group) is 1. The number of nitrogens with one attached hydrogen (secondary N) is 1. The van der Waals surface area contributed by atoms with Crippen molar-refractivity contribution in [3.8, 4) is 0 Å². The second-order valence-corrected chi connectivity index (χ2v) is 8.81. The summed E-state index contributed by atoms with van der Waals surface area (Å²) in [4.78, 5) is 20.3. The first-order valence-electron chi connectivity index (χ1n) is 11.1. The van der Waals surface area contributed by atoms with Gasteiger partial charge in [-0.1, -0.05) is 0 Å². The Morgan fingerprint density at radius 1 is 1.18 bits per heavy atom. The van der Waals surface area contributed by atoms with Crippen LogP contribution in [0.1, 0.15) is 53.8 Å². The quantitative estimate of drug-likeness (QED) is 0.790. The number of aromatic nitrogens is 2. The summed E-state index contributed by atoms with van der Waals surface area (Å²) in [5, 5.41) is 16.9. The fraction of sp³-hybridized carbons (Fsp3) is 0.810. The average Bonchev–Trinajstić information content (AvgIpc) is 3.16. The van der Waals surface area contributed by atoms with E-state index in [1.165, 1.54) is 12.1 Å². The molecule has 2 saturated heterocycles. The maximum Gasteiger partial charge on any atom is 0.274 e. The highest BCUT2D eigenvalue weighted by Gasteiger charge is 2.37. The minimum Gasteiger partial charge on any atom is -0.396 e. The van der Waals surface area contributed by atoms with Crippen LogP contribution in [0.15, 0.2) is 0 Å². The number of fused-ring (bicyclic) bond motifs is 1. The van der Waals surface area contributed by atoms with Gasteiger partial charge in [-0.3, -0.25) is 14.8 Å². The summed E-state index contributed by atoms with van der Waals surface area (Å²) in [5.74, 6) is 0.535. The van der Waals surface area contributed by atoms with E-state index >= 15 is 0 Å². The van der Waals surface area contributed by atoms with E-state index in [4.69, 9.17) is 0 Å². The van der Waals surface area contributed by atoms with Crippen LogP contribution in [-0.2, 0) is 12.8 Å². The Kier molecular flexibility index (Phi) is 6.33. The lowest BCUT2D eigenvalue weighted by atomic mass is 9.86.